The van der Waals surface area contributed by atoms with Crippen LogP contribution in [0.4, 0.5) is 5.69 Å². The summed E-state index contributed by atoms with van der Waals surface area (Å²) >= 11 is 0. The number of nitrogens with two attached hydrogens (primary N) is 1. The van der Waals surface area contributed by atoms with E-state index in [1.807, 2.05) is 12.1 Å². The van der Waals surface area contributed by atoms with Crippen molar-refractivity contribution >= 4 is 11.6 Å². The zero-order valence-electron chi connectivity index (χ0n) is 12.6. The Balaban J connectivity index is 2.52. The summed E-state index contributed by atoms with van der Waals surface area (Å²) in [5.74, 6) is 1.67. The van der Waals surface area contributed by atoms with Crippen LogP contribution in [0.3, 0.4) is 0 Å². The average Bonchev–Trinajstić information content (AvgIpc) is 2.50. The van der Waals surface area contributed by atoms with Crippen LogP contribution in [0, 0.1) is 0 Å². The molecule has 1 aromatic carbocycles. The normalized spacial score (nSPS) is 11.0. The van der Waals surface area contributed by atoms with E-state index in [2.05, 4.69) is 16.9 Å². The van der Waals surface area contributed by atoms with Crippen LogP contribution in [-0.4, -0.2) is 39.9 Å². The Labute approximate surface area is 125 Å². The molecule has 0 atom stereocenters. The molecule has 6 heteroatoms. The lowest BCUT2D eigenvalue weighted by Gasteiger charge is -2.12. The van der Waals surface area contributed by atoms with Crippen molar-refractivity contribution in [1.82, 2.24) is 0 Å². The van der Waals surface area contributed by atoms with Crippen molar-refractivity contribution < 1.29 is 14.2 Å². The third-order valence-electron chi connectivity index (χ3n) is 2.65. The van der Waals surface area contributed by atoms with E-state index in [4.69, 9.17) is 19.9 Å². The van der Waals surface area contributed by atoms with Crippen molar-refractivity contribution in [3.05, 3.63) is 30.9 Å². The molecule has 21 heavy (non-hydrogen) atoms. The third kappa shape index (κ3) is 6.18. The van der Waals surface area contributed by atoms with Crippen LogP contribution in [0.25, 0.3) is 0 Å². The minimum atomic E-state index is 0.300. The van der Waals surface area contributed by atoms with Gasteiger partial charge in [0.1, 0.15) is 11.5 Å². The molecule has 0 saturated heterocycles. The fourth-order valence-electron chi connectivity index (χ4n) is 1.59. The standard InChI is InChI=1S/C15H23N3O3/c1-4-5-9-21-10-8-17-15(16)18-13-11-12(19-2)6-7-14(13)20-3/h4,6-7,11H,1,5,8-10H2,2-3H3,(H3,16,17,18). The van der Waals surface area contributed by atoms with E-state index in [1.54, 1.807) is 26.4 Å². The van der Waals surface area contributed by atoms with E-state index in [0.717, 1.165) is 6.42 Å². The molecule has 116 valence electrons. The number of hydrogen-bond acceptors (Lipinski definition) is 4. The van der Waals surface area contributed by atoms with Gasteiger partial charge in [0.05, 0.1) is 39.7 Å². The first kappa shape index (κ1) is 16.8. The number of methoxy groups -OCH3 is 2. The van der Waals surface area contributed by atoms with Gasteiger partial charge in [0.25, 0.3) is 0 Å². The van der Waals surface area contributed by atoms with Gasteiger partial charge in [0, 0.05) is 6.07 Å². The highest BCUT2D eigenvalue weighted by atomic mass is 16.5. The molecule has 0 fully saturated rings. The Morgan fingerprint density at radius 2 is 2.14 bits per heavy atom. The van der Waals surface area contributed by atoms with Crippen LogP contribution in [0.15, 0.2) is 35.8 Å². The number of ether oxygens (including phenoxy) is 3. The molecule has 0 amide bonds. The van der Waals surface area contributed by atoms with Gasteiger partial charge in [0.15, 0.2) is 5.96 Å². The van der Waals surface area contributed by atoms with Gasteiger partial charge in [-0.1, -0.05) is 6.08 Å². The highest BCUT2D eigenvalue weighted by molar-refractivity contribution is 5.93. The Morgan fingerprint density at radius 3 is 2.81 bits per heavy atom. The quantitative estimate of drug-likeness (QED) is 0.315. The molecular weight excluding hydrogens is 270 g/mol. The maximum absolute atomic E-state index is 5.83. The van der Waals surface area contributed by atoms with Gasteiger partial charge < -0.3 is 25.3 Å². The zero-order valence-corrected chi connectivity index (χ0v) is 12.6. The molecule has 0 saturated carbocycles. The molecule has 0 bridgehead atoms. The average molecular weight is 293 g/mol. The van der Waals surface area contributed by atoms with Gasteiger partial charge in [-0.15, -0.1) is 6.58 Å². The van der Waals surface area contributed by atoms with E-state index < -0.39 is 0 Å². The molecular formula is C15H23N3O3. The molecule has 0 aliphatic heterocycles. The first-order valence-corrected chi connectivity index (χ1v) is 6.69. The third-order valence-corrected chi connectivity index (χ3v) is 2.65. The second-order valence-corrected chi connectivity index (χ2v) is 4.15. The minimum absolute atomic E-state index is 0.300. The molecule has 1 rings (SSSR count). The molecule has 0 unspecified atom stereocenters. The molecule has 6 nitrogen and oxygen atoms in total. The van der Waals surface area contributed by atoms with Crippen molar-refractivity contribution in [2.24, 2.45) is 10.7 Å². The number of nitrogens with one attached hydrogen (secondary N) is 1. The van der Waals surface area contributed by atoms with Gasteiger partial charge in [-0.3, -0.25) is 4.99 Å². The summed E-state index contributed by atoms with van der Waals surface area (Å²) in [5.41, 5.74) is 6.53. The Morgan fingerprint density at radius 1 is 1.33 bits per heavy atom. The van der Waals surface area contributed by atoms with Crippen LogP contribution >= 0.6 is 0 Å². The number of hydrogen-bond donors (Lipinski definition) is 2. The minimum Gasteiger partial charge on any atom is -0.497 e. The van der Waals surface area contributed by atoms with Gasteiger partial charge in [0.2, 0.25) is 0 Å². The number of rotatable bonds is 9. The van der Waals surface area contributed by atoms with Crippen LogP contribution in [0.2, 0.25) is 0 Å². The van der Waals surface area contributed by atoms with Crippen molar-refractivity contribution in [3.63, 3.8) is 0 Å². The van der Waals surface area contributed by atoms with Gasteiger partial charge in [-0.25, -0.2) is 0 Å². The summed E-state index contributed by atoms with van der Waals surface area (Å²) in [6.07, 6.45) is 2.65. The highest BCUT2D eigenvalue weighted by Gasteiger charge is 2.05. The molecule has 0 aliphatic carbocycles. The number of aliphatic imine (C=N–C) groups is 1. The second-order valence-electron chi connectivity index (χ2n) is 4.15. The van der Waals surface area contributed by atoms with Crippen molar-refractivity contribution in [1.29, 1.82) is 0 Å². The molecule has 1 aromatic rings. The lowest BCUT2D eigenvalue weighted by Crippen LogP contribution is -2.23. The summed E-state index contributed by atoms with van der Waals surface area (Å²) in [6.45, 7) is 5.28. The van der Waals surface area contributed by atoms with E-state index >= 15 is 0 Å². The zero-order chi connectivity index (χ0) is 15.5. The first-order valence-electron chi connectivity index (χ1n) is 6.69. The molecule has 0 aromatic heterocycles. The largest absolute Gasteiger partial charge is 0.497 e. The van der Waals surface area contributed by atoms with Crippen LogP contribution in [0.1, 0.15) is 6.42 Å². The number of nitrogens with zero attached hydrogens (tertiary/aromatic N) is 1. The predicted octanol–water partition coefficient (Wildman–Crippen LogP) is 2.02. The van der Waals surface area contributed by atoms with Gasteiger partial charge >= 0.3 is 0 Å². The van der Waals surface area contributed by atoms with Gasteiger partial charge in [-0.2, -0.15) is 0 Å². The number of anilines is 1. The fraction of sp³-hybridized carbons (Fsp3) is 0.400. The SMILES string of the molecule is C=CCCOCCN=C(N)Nc1cc(OC)ccc1OC. The van der Waals surface area contributed by atoms with Crippen molar-refractivity contribution in [2.75, 3.05) is 39.3 Å². The molecule has 0 spiro atoms. The predicted molar refractivity (Wildman–Crippen MR) is 85.3 cm³/mol. The summed E-state index contributed by atoms with van der Waals surface area (Å²) in [4.78, 5) is 4.18. The van der Waals surface area contributed by atoms with E-state index in [9.17, 15) is 0 Å². The Kier molecular flexibility index (Phi) is 7.74. The molecule has 0 radical (unpaired) electrons. The topological polar surface area (TPSA) is 78.1 Å². The lowest BCUT2D eigenvalue weighted by molar-refractivity contribution is 0.146. The molecule has 0 heterocycles. The highest BCUT2D eigenvalue weighted by Crippen LogP contribution is 2.28. The van der Waals surface area contributed by atoms with E-state index in [0.29, 0.717) is 42.9 Å². The maximum atomic E-state index is 5.83. The maximum Gasteiger partial charge on any atom is 0.193 e. The van der Waals surface area contributed by atoms with Gasteiger partial charge in [-0.05, 0) is 18.6 Å². The monoisotopic (exact) mass is 293 g/mol. The van der Waals surface area contributed by atoms with Crippen molar-refractivity contribution in [2.45, 2.75) is 6.42 Å². The second kappa shape index (κ2) is 9.66. The smallest absolute Gasteiger partial charge is 0.193 e. The first-order chi connectivity index (χ1) is 10.2. The molecule has 0 aliphatic rings. The number of guanidine groups is 1. The summed E-state index contributed by atoms with van der Waals surface area (Å²) in [6, 6.07) is 5.40. The van der Waals surface area contributed by atoms with Crippen LogP contribution < -0.4 is 20.5 Å². The van der Waals surface area contributed by atoms with Crippen LogP contribution in [-0.2, 0) is 4.74 Å². The summed E-state index contributed by atoms with van der Waals surface area (Å²) in [5, 5.41) is 2.99. The van der Waals surface area contributed by atoms with E-state index in [1.165, 1.54) is 0 Å². The van der Waals surface area contributed by atoms with E-state index in [-0.39, 0.29) is 0 Å². The Bertz CT molecular complexity index is 475. The Hall–Kier alpha value is -2.21. The lowest BCUT2D eigenvalue weighted by atomic mass is 10.2. The summed E-state index contributed by atoms with van der Waals surface area (Å²) < 4.78 is 15.8. The van der Waals surface area contributed by atoms with Crippen LogP contribution in [0.5, 0.6) is 11.5 Å². The fourth-order valence-corrected chi connectivity index (χ4v) is 1.59. The molecule has 3 N–H and O–H groups in total. The number of benzene rings is 1. The summed E-state index contributed by atoms with van der Waals surface area (Å²) in [7, 11) is 3.19. The van der Waals surface area contributed by atoms with Crippen molar-refractivity contribution in [3.8, 4) is 11.5 Å².